The molecule has 0 radical (unpaired) electrons. The third kappa shape index (κ3) is 3.12. The average Bonchev–Trinajstić information content (AvgIpc) is 2.33. The van der Waals surface area contributed by atoms with Gasteiger partial charge in [-0.1, -0.05) is 38.1 Å². The molecule has 1 aliphatic rings. The maximum Gasteiger partial charge on any atom is 0.0601 e. The fourth-order valence-electron chi connectivity index (χ4n) is 2.51. The minimum atomic E-state index is 0.425. The molecule has 1 aromatic rings. The second-order valence-corrected chi connectivity index (χ2v) is 5.74. The highest BCUT2D eigenvalue weighted by atomic mass is 16.5. The van der Waals surface area contributed by atoms with Crippen molar-refractivity contribution in [1.29, 1.82) is 0 Å². The molecule has 0 heterocycles. The normalized spacial score (nSPS) is 24.9. The smallest absolute Gasteiger partial charge is 0.0601 e. The van der Waals surface area contributed by atoms with E-state index in [2.05, 4.69) is 50.4 Å². The van der Waals surface area contributed by atoms with E-state index >= 15 is 0 Å². The number of hydrogen-bond acceptors (Lipinski definition) is 2. The Morgan fingerprint density at radius 1 is 1.06 bits per heavy atom. The SMILES string of the molecule is COC1CC(NC(C)c2ccc(C(C)C)cc2)C1. The lowest BCUT2D eigenvalue weighted by atomic mass is 9.88. The van der Waals surface area contributed by atoms with Crippen molar-refractivity contribution in [3.63, 3.8) is 0 Å². The summed E-state index contributed by atoms with van der Waals surface area (Å²) in [5.41, 5.74) is 2.79. The lowest BCUT2D eigenvalue weighted by molar-refractivity contribution is 0.0147. The molecule has 2 heteroatoms. The second-order valence-electron chi connectivity index (χ2n) is 5.74. The molecule has 0 amide bonds. The summed E-state index contributed by atoms with van der Waals surface area (Å²) in [6.45, 7) is 6.70. The highest BCUT2D eigenvalue weighted by Crippen LogP contribution is 2.26. The highest BCUT2D eigenvalue weighted by molar-refractivity contribution is 5.26. The van der Waals surface area contributed by atoms with Crippen LogP contribution in [0.2, 0.25) is 0 Å². The van der Waals surface area contributed by atoms with Gasteiger partial charge in [0.25, 0.3) is 0 Å². The van der Waals surface area contributed by atoms with Crippen LogP contribution < -0.4 is 5.32 Å². The van der Waals surface area contributed by atoms with E-state index in [-0.39, 0.29) is 0 Å². The van der Waals surface area contributed by atoms with Crippen molar-refractivity contribution in [3.05, 3.63) is 35.4 Å². The number of methoxy groups -OCH3 is 1. The number of ether oxygens (including phenoxy) is 1. The molecule has 1 atom stereocenters. The molecule has 0 aromatic heterocycles. The lowest BCUT2D eigenvalue weighted by Crippen LogP contribution is -2.45. The Morgan fingerprint density at radius 3 is 2.11 bits per heavy atom. The Morgan fingerprint density at radius 2 is 1.61 bits per heavy atom. The van der Waals surface area contributed by atoms with Crippen LogP contribution in [0.25, 0.3) is 0 Å². The van der Waals surface area contributed by atoms with Gasteiger partial charge in [0.2, 0.25) is 0 Å². The maximum absolute atomic E-state index is 5.31. The molecule has 1 fully saturated rings. The first kappa shape index (κ1) is 13.6. The summed E-state index contributed by atoms with van der Waals surface area (Å²) in [6, 6.07) is 10.0. The molecule has 0 bridgehead atoms. The number of hydrogen-bond donors (Lipinski definition) is 1. The molecule has 1 saturated carbocycles. The van der Waals surface area contributed by atoms with Gasteiger partial charge in [-0.3, -0.25) is 0 Å². The van der Waals surface area contributed by atoms with Gasteiger partial charge >= 0.3 is 0 Å². The van der Waals surface area contributed by atoms with Crippen LogP contribution in [0, 0.1) is 0 Å². The van der Waals surface area contributed by atoms with E-state index in [0.717, 1.165) is 12.8 Å². The van der Waals surface area contributed by atoms with Crippen molar-refractivity contribution in [2.24, 2.45) is 0 Å². The van der Waals surface area contributed by atoms with Gasteiger partial charge in [0, 0.05) is 19.2 Å². The van der Waals surface area contributed by atoms with E-state index in [1.165, 1.54) is 11.1 Å². The first-order valence-electron chi connectivity index (χ1n) is 6.99. The molecular weight excluding hydrogens is 222 g/mol. The van der Waals surface area contributed by atoms with Gasteiger partial charge in [0.1, 0.15) is 0 Å². The first-order chi connectivity index (χ1) is 8.60. The van der Waals surface area contributed by atoms with E-state index in [1.54, 1.807) is 7.11 Å². The summed E-state index contributed by atoms with van der Waals surface area (Å²) >= 11 is 0. The van der Waals surface area contributed by atoms with Gasteiger partial charge in [-0.05, 0) is 36.8 Å². The number of nitrogens with one attached hydrogen (secondary N) is 1. The van der Waals surface area contributed by atoms with Gasteiger partial charge in [-0.25, -0.2) is 0 Å². The molecule has 2 nitrogen and oxygen atoms in total. The van der Waals surface area contributed by atoms with Crippen molar-refractivity contribution in [1.82, 2.24) is 5.32 Å². The Bertz CT molecular complexity index is 365. The van der Waals surface area contributed by atoms with Crippen molar-refractivity contribution in [2.45, 2.75) is 57.7 Å². The third-order valence-electron chi connectivity index (χ3n) is 4.02. The lowest BCUT2D eigenvalue weighted by Gasteiger charge is -2.36. The zero-order chi connectivity index (χ0) is 13.1. The van der Waals surface area contributed by atoms with Gasteiger partial charge in [-0.15, -0.1) is 0 Å². The van der Waals surface area contributed by atoms with E-state index in [1.807, 2.05) is 0 Å². The van der Waals surface area contributed by atoms with Crippen LogP contribution in [-0.2, 0) is 4.74 Å². The average molecular weight is 247 g/mol. The molecule has 0 saturated heterocycles. The molecule has 1 aliphatic carbocycles. The second kappa shape index (κ2) is 5.85. The predicted octanol–water partition coefficient (Wildman–Crippen LogP) is 3.64. The monoisotopic (exact) mass is 247 g/mol. The van der Waals surface area contributed by atoms with Crippen molar-refractivity contribution < 1.29 is 4.74 Å². The van der Waals surface area contributed by atoms with E-state index in [0.29, 0.717) is 24.1 Å². The first-order valence-corrected chi connectivity index (χ1v) is 6.99. The topological polar surface area (TPSA) is 21.3 Å². The van der Waals surface area contributed by atoms with Crippen molar-refractivity contribution >= 4 is 0 Å². The molecule has 1 unspecified atom stereocenters. The zero-order valence-electron chi connectivity index (χ0n) is 11.9. The molecule has 18 heavy (non-hydrogen) atoms. The van der Waals surface area contributed by atoms with Crippen LogP contribution in [0.4, 0.5) is 0 Å². The molecule has 0 spiro atoms. The van der Waals surface area contributed by atoms with Crippen LogP contribution in [0.3, 0.4) is 0 Å². The van der Waals surface area contributed by atoms with Crippen molar-refractivity contribution in [2.75, 3.05) is 7.11 Å². The Hall–Kier alpha value is -0.860. The quantitative estimate of drug-likeness (QED) is 0.857. The van der Waals surface area contributed by atoms with Crippen molar-refractivity contribution in [3.8, 4) is 0 Å². The van der Waals surface area contributed by atoms with Crippen LogP contribution in [0.15, 0.2) is 24.3 Å². The predicted molar refractivity (Wildman–Crippen MR) is 75.9 cm³/mol. The summed E-state index contributed by atoms with van der Waals surface area (Å²) in [4.78, 5) is 0. The van der Waals surface area contributed by atoms with Crippen LogP contribution in [-0.4, -0.2) is 19.3 Å². The van der Waals surface area contributed by atoms with Gasteiger partial charge in [-0.2, -0.15) is 0 Å². The molecule has 100 valence electrons. The standard InChI is InChI=1S/C16H25NO/c1-11(2)13-5-7-14(8-6-13)12(3)17-15-9-16(10-15)18-4/h5-8,11-12,15-17H,9-10H2,1-4H3. The summed E-state index contributed by atoms with van der Waals surface area (Å²) in [5, 5.41) is 3.67. The third-order valence-corrected chi connectivity index (χ3v) is 4.02. The minimum absolute atomic E-state index is 0.425. The molecule has 2 rings (SSSR count). The van der Waals surface area contributed by atoms with Crippen LogP contribution >= 0.6 is 0 Å². The highest BCUT2D eigenvalue weighted by Gasteiger charge is 2.29. The Kier molecular flexibility index (Phi) is 4.41. The Balaban J connectivity index is 1.87. The van der Waals surface area contributed by atoms with E-state index in [9.17, 15) is 0 Å². The molecular formula is C16H25NO. The molecule has 1 aromatic carbocycles. The minimum Gasteiger partial charge on any atom is -0.381 e. The van der Waals surface area contributed by atoms with E-state index in [4.69, 9.17) is 4.74 Å². The maximum atomic E-state index is 5.31. The summed E-state index contributed by atoms with van der Waals surface area (Å²) in [5.74, 6) is 0.608. The van der Waals surface area contributed by atoms with E-state index < -0.39 is 0 Å². The number of benzene rings is 1. The molecule has 0 aliphatic heterocycles. The van der Waals surface area contributed by atoms with Gasteiger partial charge in [0.15, 0.2) is 0 Å². The molecule has 1 N–H and O–H groups in total. The van der Waals surface area contributed by atoms with Crippen LogP contribution in [0.1, 0.15) is 56.7 Å². The summed E-state index contributed by atoms with van der Waals surface area (Å²) < 4.78 is 5.31. The largest absolute Gasteiger partial charge is 0.381 e. The summed E-state index contributed by atoms with van der Waals surface area (Å²) in [6.07, 6.45) is 2.76. The summed E-state index contributed by atoms with van der Waals surface area (Å²) in [7, 11) is 1.80. The number of rotatable bonds is 5. The Labute approximate surface area is 111 Å². The van der Waals surface area contributed by atoms with Crippen LogP contribution in [0.5, 0.6) is 0 Å². The zero-order valence-corrected chi connectivity index (χ0v) is 11.9. The van der Waals surface area contributed by atoms with Gasteiger partial charge in [0.05, 0.1) is 6.10 Å². The fraction of sp³-hybridized carbons (Fsp3) is 0.625. The fourth-order valence-corrected chi connectivity index (χ4v) is 2.51. The van der Waals surface area contributed by atoms with Gasteiger partial charge < -0.3 is 10.1 Å².